The van der Waals surface area contributed by atoms with Crippen LogP contribution in [0.2, 0.25) is 0 Å². The first kappa shape index (κ1) is 10.2. The Morgan fingerprint density at radius 2 is 1.82 bits per heavy atom. The average Bonchev–Trinajstić information content (AvgIpc) is 2.39. The number of hydrogen-bond acceptors (Lipinski definition) is 2. The maximum Gasteiger partial charge on any atom is 0.0444 e. The van der Waals surface area contributed by atoms with Gasteiger partial charge in [0.2, 0.25) is 0 Å². The van der Waals surface area contributed by atoms with E-state index in [1.165, 1.54) is 23.4 Å². The van der Waals surface area contributed by atoms with Gasteiger partial charge in [-0.25, -0.2) is 0 Å². The largest absolute Gasteiger partial charge is 0.399 e. The number of aryl methyl sites for hydroxylation is 1. The van der Waals surface area contributed by atoms with Gasteiger partial charge in [-0.2, -0.15) is 0 Å². The Labute approximate surface area is 102 Å². The third kappa shape index (κ3) is 1.86. The lowest BCUT2D eigenvalue weighted by atomic mass is 10.0. The number of para-hydroxylation sites is 1. The number of nitrogens with two attached hydrogens (primary N) is 1. The topological polar surface area (TPSA) is 29.3 Å². The standard InChI is InChI=1S/C15H16N2/c16-13-8-9-15-12(11-13)5-4-10-17(15)14-6-2-1-3-7-14/h1-3,6-9,11H,4-5,10,16H2. The maximum atomic E-state index is 5.85. The van der Waals surface area contributed by atoms with Gasteiger partial charge in [-0.15, -0.1) is 0 Å². The Kier molecular flexibility index (Phi) is 2.48. The van der Waals surface area contributed by atoms with Crippen molar-refractivity contribution >= 4 is 17.1 Å². The van der Waals surface area contributed by atoms with E-state index in [0.717, 1.165) is 18.7 Å². The van der Waals surface area contributed by atoms with E-state index >= 15 is 0 Å². The lowest BCUT2D eigenvalue weighted by Gasteiger charge is -2.31. The van der Waals surface area contributed by atoms with Gasteiger partial charge < -0.3 is 10.6 Å². The monoisotopic (exact) mass is 224 g/mol. The molecule has 86 valence electrons. The third-order valence-electron chi connectivity index (χ3n) is 3.29. The van der Waals surface area contributed by atoms with Crippen LogP contribution in [0.1, 0.15) is 12.0 Å². The van der Waals surface area contributed by atoms with Gasteiger partial charge in [0, 0.05) is 23.6 Å². The van der Waals surface area contributed by atoms with Crippen molar-refractivity contribution in [1.82, 2.24) is 0 Å². The fourth-order valence-electron chi connectivity index (χ4n) is 2.49. The molecular weight excluding hydrogens is 208 g/mol. The van der Waals surface area contributed by atoms with E-state index in [1.54, 1.807) is 0 Å². The van der Waals surface area contributed by atoms with Crippen LogP contribution in [0.3, 0.4) is 0 Å². The molecule has 0 aromatic heterocycles. The smallest absolute Gasteiger partial charge is 0.0444 e. The highest BCUT2D eigenvalue weighted by Crippen LogP contribution is 2.34. The zero-order valence-corrected chi connectivity index (χ0v) is 9.76. The van der Waals surface area contributed by atoms with E-state index in [1.807, 2.05) is 6.07 Å². The summed E-state index contributed by atoms with van der Waals surface area (Å²) in [4.78, 5) is 2.37. The third-order valence-corrected chi connectivity index (χ3v) is 3.29. The molecule has 0 fully saturated rings. The molecule has 2 aromatic carbocycles. The summed E-state index contributed by atoms with van der Waals surface area (Å²) in [5.41, 5.74) is 10.6. The molecule has 0 radical (unpaired) electrons. The van der Waals surface area contributed by atoms with Crippen LogP contribution in [0.4, 0.5) is 17.1 Å². The van der Waals surface area contributed by atoms with Crippen LogP contribution in [-0.2, 0) is 6.42 Å². The molecule has 0 bridgehead atoms. The normalized spacial score (nSPS) is 14.5. The summed E-state index contributed by atoms with van der Waals surface area (Å²) in [6.07, 6.45) is 2.31. The lowest BCUT2D eigenvalue weighted by molar-refractivity contribution is 0.767. The van der Waals surface area contributed by atoms with Gasteiger partial charge in [0.25, 0.3) is 0 Å². The molecule has 0 spiro atoms. The molecule has 3 rings (SSSR count). The molecule has 2 heteroatoms. The van der Waals surface area contributed by atoms with Crippen LogP contribution in [0.5, 0.6) is 0 Å². The summed E-state index contributed by atoms with van der Waals surface area (Å²) >= 11 is 0. The summed E-state index contributed by atoms with van der Waals surface area (Å²) in [6, 6.07) is 16.8. The fourth-order valence-corrected chi connectivity index (χ4v) is 2.49. The van der Waals surface area contributed by atoms with Crippen molar-refractivity contribution in [1.29, 1.82) is 0 Å². The predicted molar refractivity (Wildman–Crippen MR) is 72.6 cm³/mol. The van der Waals surface area contributed by atoms with Crippen molar-refractivity contribution in [3.63, 3.8) is 0 Å². The Bertz CT molecular complexity index is 520. The van der Waals surface area contributed by atoms with E-state index in [4.69, 9.17) is 5.73 Å². The minimum Gasteiger partial charge on any atom is -0.399 e. The van der Waals surface area contributed by atoms with Gasteiger partial charge in [0.1, 0.15) is 0 Å². The summed E-state index contributed by atoms with van der Waals surface area (Å²) in [7, 11) is 0. The molecule has 0 atom stereocenters. The van der Waals surface area contributed by atoms with Crippen molar-refractivity contribution in [2.45, 2.75) is 12.8 Å². The van der Waals surface area contributed by atoms with E-state index in [9.17, 15) is 0 Å². The first-order valence-electron chi connectivity index (χ1n) is 6.05. The van der Waals surface area contributed by atoms with Gasteiger partial charge >= 0.3 is 0 Å². The van der Waals surface area contributed by atoms with Crippen LogP contribution in [0.15, 0.2) is 48.5 Å². The van der Waals surface area contributed by atoms with E-state index < -0.39 is 0 Å². The number of rotatable bonds is 1. The van der Waals surface area contributed by atoms with Gasteiger partial charge in [-0.1, -0.05) is 18.2 Å². The maximum absolute atomic E-state index is 5.85. The number of hydrogen-bond donors (Lipinski definition) is 1. The zero-order valence-electron chi connectivity index (χ0n) is 9.76. The second kappa shape index (κ2) is 4.13. The van der Waals surface area contributed by atoms with Gasteiger partial charge in [0.05, 0.1) is 0 Å². The van der Waals surface area contributed by atoms with Crippen molar-refractivity contribution in [3.8, 4) is 0 Å². The lowest BCUT2D eigenvalue weighted by Crippen LogP contribution is -2.24. The highest BCUT2D eigenvalue weighted by atomic mass is 15.1. The SMILES string of the molecule is Nc1ccc2c(c1)CCCN2c1ccccc1. The second-order valence-electron chi connectivity index (χ2n) is 4.48. The predicted octanol–water partition coefficient (Wildman–Crippen LogP) is 3.35. The first-order chi connectivity index (χ1) is 8.34. The average molecular weight is 224 g/mol. The summed E-state index contributed by atoms with van der Waals surface area (Å²) in [5.74, 6) is 0. The minimum atomic E-state index is 0.860. The Morgan fingerprint density at radius 1 is 1.00 bits per heavy atom. The van der Waals surface area contributed by atoms with E-state index in [2.05, 4.69) is 47.4 Å². The van der Waals surface area contributed by atoms with Crippen molar-refractivity contribution < 1.29 is 0 Å². The number of anilines is 3. The first-order valence-corrected chi connectivity index (χ1v) is 6.05. The second-order valence-corrected chi connectivity index (χ2v) is 4.48. The molecule has 0 aliphatic carbocycles. The van der Waals surface area contributed by atoms with Crippen LogP contribution in [0.25, 0.3) is 0 Å². The highest BCUT2D eigenvalue weighted by molar-refractivity contribution is 5.69. The Morgan fingerprint density at radius 3 is 2.65 bits per heavy atom. The molecule has 1 heterocycles. The molecule has 2 N–H and O–H groups in total. The molecule has 1 aliphatic rings. The Hall–Kier alpha value is -1.96. The zero-order chi connectivity index (χ0) is 11.7. The molecule has 1 aliphatic heterocycles. The van der Waals surface area contributed by atoms with Gasteiger partial charge in [0.15, 0.2) is 0 Å². The molecule has 0 amide bonds. The van der Waals surface area contributed by atoms with Crippen LogP contribution >= 0.6 is 0 Å². The number of benzene rings is 2. The quantitative estimate of drug-likeness (QED) is 0.753. The summed E-state index contributed by atoms with van der Waals surface area (Å²) in [6.45, 7) is 1.08. The van der Waals surface area contributed by atoms with Gasteiger partial charge in [-0.3, -0.25) is 0 Å². The fraction of sp³-hybridized carbons (Fsp3) is 0.200. The van der Waals surface area contributed by atoms with Crippen molar-refractivity contribution in [2.24, 2.45) is 0 Å². The van der Waals surface area contributed by atoms with Crippen LogP contribution in [-0.4, -0.2) is 6.54 Å². The van der Waals surface area contributed by atoms with Crippen molar-refractivity contribution in [2.75, 3.05) is 17.2 Å². The van der Waals surface area contributed by atoms with E-state index in [0.29, 0.717) is 0 Å². The molecule has 0 unspecified atom stereocenters. The molecule has 2 nitrogen and oxygen atoms in total. The van der Waals surface area contributed by atoms with Gasteiger partial charge in [-0.05, 0) is 48.7 Å². The molecule has 0 saturated heterocycles. The number of nitrogen functional groups attached to an aromatic ring is 1. The van der Waals surface area contributed by atoms with E-state index in [-0.39, 0.29) is 0 Å². The van der Waals surface area contributed by atoms with Crippen molar-refractivity contribution in [3.05, 3.63) is 54.1 Å². The molecule has 0 saturated carbocycles. The molecular formula is C15H16N2. The molecule has 17 heavy (non-hydrogen) atoms. The summed E-state index contributed by atoms with van der Waals surface area (Å²) < 4.78 is 0. The Balaban J connectivity index is 2.06. The molecule has 2 aromatic rings. The number of nitrogens with zero attached hydrogens (tertiary/aromatic N) is 1. The summed E-state index contributed by atoms with van der Waals surface area (Å²) in [5, 5.41) is 0. The van der Waals surface area contributed by atoms with Crippen LogP contribution in [0, 0.1) is 0 Å². The highest BCUT2D eigenvalue weighted by Gasteiger charge is 2.17. The minimum absolute atomic E-state index is 0.860. The van der Waals surface area contributed by atoms with Crippen LogP contribution < -0.4 is 10.6 Å². The number of fused-ring (bicyclic) bond motifs is 1.